The Kier molecular flexibility index (Phi) is 4.34. The van der Waals surface area contributed by atoms with Gasteiger partial charge in [0.2, 0.25) is 0 Å². The van der Waals surface area contributed by atoms with Gasteiger partial charge >= 0.3 is 5.97 Å². The van der Waals surface area contributed by atoms with Crippen LogP contribution in [0.2, 0.25) is 0 Å². The van der Waals surface area contributed by atoms with Gasteiger partial charge in [-0.3, -0.25) is 4.79 Å². The standard InChI is InChI=1S/C17H22FNO3/c1-21-16(20)8-15(12-5-6-12)13-3-2-4-14(7-13)22-11-17(18)9-19-10-17/h2-4,7,12,15,19H,5-6,8-11H2,1H3. The SMILES string of the molecule is COC(=O)CC(c1cccc(OCC2(F)CNC2)c1)C1CC1. The van der Waals surface area contributed by atoms with Crippen LogP contribution in [0.15, 0.2) is 24.3 Å². The molecular formula is C17H22FNO3. The van der Waals surface area contributed by atoms with E-state index in [0.717, 1.165) is 18.4 Å². The van der Waals surface area contributed by atoms with Crippen LogP contribution in [-0.2, 0) is 9.53 Å². The van der Waals surface area contributed by atoms with Gasteiger partial charge in [-0.05, 0) is 42.4 Å². The highest BCUT2D eigenvalue weighted by molar-refractivity contribution is 5.70. The summed E-state index contributed by atoms with van der Waals surface area (Å²) in [5.74, 6) is 1.18. The predicted molar refractivity (Wildman–Crippen MR) is 80.7 cm³/mol. The smallest absolute Gasteiger partial charge is 0.306 e. The van der Waals surface area contributed by atoms with Gasteiger partial charge < -0.3 is 14.8 Å². The Morgan fingerprint density at radius 1 is 1.45 bits per heavy atom. The van der Waals surface area contributed by atoms with Crippen LogP contribution in [0, 0.1) is 5.92 Å². The number of hydrogen-bond donors (Lipinski definition) is 1. The zero-order valence-electron chi connectivity index (χ0n) is 12.8. The average Bonchev–Trinajstić information content (AvgIpc) is 3.33. The molecule has 1 aliphatic heterocycles. The van der Waals surface area contributed by atoms with Gasteiger partial charge in [0.1, 0.15) is 12.4 Å². The molecule has 0 bridgehead atoms. The molecule has 1 aliphatic carbocycles. The first kappa shape index (κ1) is 15.3. The van der Waals surface area contributed by atoms with Crippen LogP contribution in [0.3, 0.4) is 0 Å². The molecule has 1 saturated heterocycles. The molecule has 1 heterocycles. The number of alkyl halides is 1. The lowest BCUT2D eigenvalue weighted by Crippen LogP contribution is -2.59. The van der Waals surface area contributed by atoms with E-state index in [9.17, 15) is 9.18 Å². The Morgan fingerprint density at radius 3 is 2.82 bits per heavy atom. The molecule has 1 aromatic carbocycles. The van der Waals surface area contributed by atoms with Gasteiger partial charge in [-0.2, -0.15) is 0 Å². The number of rotatable bonds is 7. The molecule has 2 fully saturated rings. The minimum Gasteiger partial charge on any atom is -0.490 e. The van der Waals surface area contributed by atoms with E-state index < -0.39 is 5.67 Å². The molecule has 1 aromatic rings. The van der Waals surface area contributed by atoms with Crippen molar-refractivity contribution >= 4 is 5.97 Å². The van der Waals surface area contributed by atoms with E-state index in [4.69, 9.17) is 9.47 Å². The molecule has 0 amide bonds. The number of halogens is 1. The second-order valence-electron chi connectivity index (χ2n) is 6.34. The van der Waals surface area contributed by atoms with Crippen molar-refractivity contribution in [3.63, 3.8) is 0 Å². The van der Waals surface area contributed by atoms with Gasteiger partial charge in [0.25, 0.3) is 0 Å². The fourth-order valence-corrected chi connectivity index (χ4v) is 2.86. The van der Waals surface area contributed by atoms with E-state index in [1.165, 1.54) is 7.11 Å². The number of methoxy groups -OCH3 is 1. The third kappa shape index (κ3) is 3.58. The van der Waals surface area contributed by atoms with Crippen molar-refractivity contribution in [3.05, 3.63) is 29.8 Å². The number of nitrogens with one attached hydrogen (secondary N) is 1. The molecular weight excluding hydrogens is 285 g/mol. The first-order valence-corrected chi connectivity index (χ1v) is 7.79. The van der Waals surface area contributed by atoms with Crippen LogP contribution in [0.4, 0.5) is 4.39 Å². The number of benzene rings is 1. The fraction of sp³-hybridized carbons (Fsp3) is 0.588. The zero-order chi connectivity index (χ0) is 15.6. The highest BCUT2D eigenvalue weighted by Gasteiger charge is 2.38. The Bertz CT molecular complexity index is 540. The summed E-state index contributed by atoms with van der Waals surface area (Å²) in [4.78, 5) is 11.6. The van der Waals surface area contributed by atoms with Crippen LogP contribution >= 0.6 is 0 Å². The van der Waals surface area contributed by atoms with Crippen molar-refractivity contribution in [2.75, 3.05) is 26.8 Å². The normalized spacial score (nSPS) is 20.8. The third-order valence-corrected chi connectivity index (χ3v) is 4.47. The minimum atomic E-state index is -1.25. The second kappa shape index (κ2) is 6.24. The number of hydrogen-bond acceptors (Lipinski definition) is 4. The van der Waals surface area contributed by atoms with Crippen molar-refractivity contribution in [1.82, 2.24) is 5.32 Å². The molecule has 3 rings (SSSR count). The quantitative estimate of drug-likeness (QED) is 0.786. The molecule has 0 spiro atoms. The lowest BCUT2D eigenvalue weighted by molar-refractivity contribution is -0.141. The number of carbonyl (C=O) groups excluding carboxylic acids is 1. The van der Waals surface area contributed by atoms with Crippen LogP contribution in [-0.4, -0.2) is 38.4 Å². The average molecular weight is 307 g/mol. The highest BCUT2D eigenvalue weighted by atomic mass is 19.1. The third-order valence-electron chi connectivity index (χ3n) is 4.47. The van der Waals surface area contributed by atoms with Crippen molar-refractivity contribution in [2.45, 2.75) is 30.8 Å². The van der Waals surface area contributed by atoms with Crippen molar-refractivity contribution in [3.8, 4) is 5.75 Å². The van der Waals surface area contributed by atoms with E-state index in [1.807, 2.05) is 24.3 Å². The Morgan fingerprint density at radius 2 is 2.23 bits per heavy atom. The number of ether oxygens (including phenoxy) is 2. The summed E-state index contributed by atoms with van der Waals surface area (Å²) in [6, 6.07) is 7.68. The maximum absolute atomic E-state index is 14.0. The van der Waals surface area contributed by atoms with E-state index >= 15 is 0 Å². The van der Waals surface area contributed by atoms with Crippen molar-refractivity contribution in [2.24, 2.45) is 5.92 Å². The monoisotopic (exact) mass is 307 g/mol. The summed E-state index contributed by atoms with van der Waals surface area (Å²) in [6.45, 7) is 0.758. The molecule has 120 valence electrons. The van der Waals surface area contributed by atoms with Gasteiger partial charge in [0.05, 0.1) is 13.5 Å². The van der Waals surface area contributed by atoms with Crippen LogP contribution < -0.4 is 10.1 Å². The van der Waals surface area contributed by atoms with E-state index in [1.54, 1.807) is 0 Å². The van der Waals surface area contributed by atoms with Crippen LogP contribution in [0.5, 0.6) is 5.75 Å². The van der Waals surface area contributed by atoms with Crippen molar-refractivity contribution < 1.29 is 18.7 Å². The first-order chi connectivity index (χ1) is 10.6. The molecule has 1 N–H and O–H groups in total. The van der Waals surface area contributed by atoms with E-state index in [-0.39, 0.29) is 18.5 Å². The van der Waals surface area contributed by atoms with E-state index in [0.29, 0.717) is 31.2 Å². The maximum atomic E-state index is 14.0. The van der Waals surface area contributed by atoms with Gasteiger partial charge in [-0.25, -0.2) is 4.39 Å². The lowest BCUT2D eigenvalue weighted by atomic mass is 9.91. The largest absolute Gasteiger partial charge is 0.490 e. The molecule has 5 heteroatoms. The minimum absolute atomic E-state index is 0.0640. The summed E-state index contributed by atoms with van der Waals surface area (Å²) < 4.78 is 24.4. The summed E-state index contributed by atoms with van der Waals surface area (Å²) in [5, 5.41) is 2.91. The Balaban J connectivity index is 1.67. The maximum Gasteiger partial charge on any atom is 0.306 e. The molecule has 2 aliphatic rings. The number of esters is 1. The summed E-state index contributed by atoms with van der Waals surface area (Å²) in [6.07, 6.45) is 2.68. The molecule has 1 unspecified atom stereocenters. The second-order valence-corrected chi connectivity index (χ2v) is 6.34. The van der Waals surface area contributed by atoms with Gasteiger partial charge in [0, 0.05) is 13.1 Å². The van der Waals surface area contributed by atoms with Crippen LogP contribution in [0.25, 0.3) is 0 Å². The molecule has 1 atom stereocenters. The van der Waals surface area contributed by atoms with Gasteiger partial charge in [-0.1, -0.05) is 12.1 Å². The molecule has 1 saturated carbocycles. The molecule has 0 aromatic heterocycles. The molecule has 0 radical (unpaired) electrons. The van der Waals surface area contributed by atoms with E-state index in [2.05, 4.69) is 5.32 Å². The predicted octanol–water partition coefficient (Wildman–Crippen LogP) is 2.43. The zero-order valence-corrected chi connectivity index (χ0v) is 12.8. The molecule has 22 heavy (non-hydrogen) atoms. The summed E-state index contributed by atoms with van der Waals surface area (Å²) in [5.41, 5.74) is -0.178. The lowest BCUT2D eigenvalue weighted by Gasteiger charge is -2.34. The van der Waals surface area contributed by atoms with Crippen LogP contribution in [0.1, 0.15) is 30.7 Å². The highest BCUT2D eigenvalue weighted by Crippen LogP contribution is 2.45. The van der Waals surface area contributed by atoms with Gasteiger partial charge in [-0.15, -0.1) is 0 Å². The van der Waals surface area contributed by atoms with Gasteiger partial charge in [0.15, 0.2) is 5.67 Å². The molecule has 4 nitrogen and oxygen atoms in total. The topological polar surface area (TPSA) is 47.6 Å². The Hall–Kier alpha value is -1.62. The van der Waals surface area contributed by atoms with Crippen molar-refractivity contribution in [1.29, 1.82) is 0 Å². The number of carbonyl (C=O) groups is 1. The Labute approximate surface area is 130 Å². The summed E-state index contributed by atoms with van der Waals surface area (Å²) in [7, 11) is 1.42. The summed E-state index contributed by atoms with van der Waals surface area (Å²) >= 11 is 0. The fourth-order valence-electron chi connectivity index (χ4n) is 2.86. The first-order valence-electron chi connectivity index (χ1n) is 7.79.